The number of benzene rings is 2. The van der Waals surface area contributed by atoms with Gasteiger partial charge in [-0.3, -0.25) is 10.1 Å². The van der Waals surface area contributed by atoms with Crippen LogP contribution in [0.5, 0.6) is 5.75 Å². The van der Waals surface area contributed by atoms with E-state index in [9.17, 15) is 20.1 Å². The van der Waals surface area contributed by atoms with Crippen molar-refractivity contribution in [3.63, 3.8) is 0 Å². The zero-order chi connectivity index (χ0) is 37.1. The number of nitrogens with zero attached hydrogens (tertiary/aromatic N) is 1. The minimum absolute atomic E-state index is 0.0100. The summed E-state index contributed by atoms with van der Waals surface area (Å²) < 4.78 is 14.3. The Morgan fingerprint density at radius 1 is 0.925 bits per heavy atom. The Morgan fingerprint density at radius 2 is 1.68 bits per heavy atom. The average molecular weight is 733 g/mol. The first-order valence-electron chi connectivity index (χ1n) is 20.9. The van der Waals surface area contributed by atoms with E-state index in [2.05, 4.69) is 29.4 Å². The number of ether oxygens (including phenoxy) is 2. The van der Waals surface area contributed by atoms with E-state index < -0.39 is 11.7 Å². The Hall–Kier alpha value is -2.79. The summed E-state index contributed by atoms with van der Waals surface area (Å²) in [7, 11) is 0. The quantitative estimate of drug-likeness (QED) is 0.0414. The van der Waals surface area contributed by atoms with Crippen molar-refractivity contribution in [2.45, 2.75) is 127 Å². The highest BCUT2D eigenvalue weighted by Crippen LogP contribution is 2.43. The summed E-state index contributed by atoms with van der Waals surface area (Å²) in [5.74, 6) is 0.882. The maximum atomic E-state index is 12.1. The molecule has 0 radical (unpaired) electrons. The second-order valence-corrected chi connectivity index (χ2v) is 16.5. The molecular formula is C44H66N3O6+. The summed E-state index contributed by atoms with van der Waals surface area (Å²) >= 11 is 0. The first-order chi connectivity index (χ1) is 25.8. The summed E-state index contributed by atoms with van der Waals surface area (Å²) in [6.45, 7) is 8.43. The van der Waals surface area contributed by atoms with Gasteiger partial charge >= 0.3 is 0 Å². The smallest absolute Gasteiger partial charge is 0.248 e. The van der Waals surface area contributed by atoms with Crippen molar-refractivity contribution in [3.05, 3.63) is 76.1 Å². The molecule has 0 spiro atoms. The molecule has 1 aliphatic carbocycles. The van der Waals surface area contributed by atoms with Crippen LogP contribution in [-0.4, -0.2) is 83.1 Å². The predicted molar refractivity (Wildman–Crippen MR) is 211 cm³/mol. The van der Waals surface area contributed by atoms with E-state index in [-0.39, 0.29) is 29.6 Å². The fourth-order valence-electron chi connectivity index (χ4n) is 9.56. The summed E-state index contributed by atoms with van der Waals surface area (Å²) in [5, 5.41) is 37.5. The van der Waals surface area contributed by atoms with E-state index in [1.807, 2.05) is 18.2 Å². The second kappa shape index (κ2) is 19.2. The van der Waals surface area contributed by atoms with Gasteiger partial charge in [-0.2, -0.15) is 0 Å². The fourth-order valence-corrected chi connectivity index (χ4v) is 9.56. The van der Waals surface area contributed by atoms with Crippen LogP contribution in [0.2, 0.25) is 0 Å². The van der Waals surface area contributed by atoms with Crippen LogP contribution in [0, 0.1) is 11.8 Å². The molecule has 4 aliphatic rings. The molecule has 1 unspecified atom stereocenters. The maximum absolute atomic E-state index is 12.1. The van der Waals surface area contributed by atoms with Crippen molar-refractivity contribution in [1.82, 2.24) is 10.3 Å². The highest BCUT2D eigenvalue weighted by Gasteiger charge is 2.48. The van der Waals surface area contributed by atoms with Gasteiger partial charge in [0.2, 0.25) is 5.56 Å². The Balaban J connectivity index is 0.934. The first kappa shape index (κ1) is 39.9. The lowest BCUT2D eigenvalue weighted by Gasteiger charge is -2.53. The van der Waals surface area contributed by atoms with E-state index in [0.717, 1.165) is 57.1 Å². The van der Waals surface area contributed by atoms with Gasteiger partial charge in [0.05, 0.1) is 37.9 Å². The first-order valence-corrected chi connectivity index (χ1v) is 20.9. The zero-order valence-corrected chi connectivity index (χ0v) is 32.2. The lowest BCUT2D eigenvalue weighted by molar-refractivity contribution is -0.946. The van der Waals surface area contributed by atoms with Gasteiger partial charge in [-0.05, 0) is 74.1 Å². The molecule has 5 N–H and O–H groups in total. The van der Waals surface area contributed by atoms with Crippen LogP contribution >= 0.6 is 0 Å². The van der Waals surface area contributed by atoms with Crippen LogP contribution in [0.3, 0.4) is 0 Å². The fraction of sp³-hybridized carbons (Fsp3) is 0.659. The van der Waals surface area contributed by atoms with Crippen LogP contribution in [0.25, 0.3) is 10.9 Å². The molecule has 9 heteroatoms. The molecule has 0 amide bonds. The lowest BCUT2D eigenvalue weighted by atomic mass is 9.80. The van der Waals surface area contributed by atoms with Crippen molar-refractivity contribution in [1.29, 1.82) is 0 Å². The molecule has 3 aromatic rings. The standard InChI is InChI=1S/C44H65N3O6/c1-2-3-4-10-19-42(45-30-39(49)36-20-22-38(48)43-37(36)21-23-41(50)46-43)52-29-14-6-5-13-26-47-27-24-33(25-28-47)40(31-47)53-32-44(51,35-17-11-12-18-35)34-15-8-7-9-16-34/h7-9,15-16,20-23,33,35,39-40,42,45,49,51H,2-6,10-14,17-19,24-32H2,1H3,(H-,46,48,50)/p+1/t33?,39-,40-,42?,44+,47?/m0/s1. The average Bonchev–Trinajstić information content (AvgIpc) is 3.74. The molecule has 1 aromatic heterocycles. The van der Waals surface area contributed by atoms with Crippen LogP contribution in [0.15, 0.2) is 59.4 Å². The Morgan fingerprint density at radius 3 is 2.45 bits per heavy atom. The summed E-state index contributed by atoms with van der Waals surface area (Å²) in [5.41, 5.74) is 0.825. The largest absolute Gasteiger partial charge is 0.506 e. The monoisotopic (exact) mass is 732 g/mol. The number of aliphatic hydroxyl groups is 2. The highest BCUT2D eigenvalue weighted by atomic mass is 16.5. The molecule has 4 heterocycles. The van der Waals surface area contributed by atoms with Gasteiger partial charge in [0, 0.05) is 43.4 Å². The minimum Gasteiger partial charge on any atom is -0.506 e. The predicted octanol–water partition coefficient (Wildman–Crippen LogP) is 7.43. The number of quaternary nitrogens is 1. The highest BCUT2D eigenvalue weighted by molar-refractivity contribution is 5.87. The molecule has 7 rings (SSSR count). The van der Waals surface area contributed by atoms with Gasteiger partial charge in [0.25, 0.3) is 0 Å². The Bertz CT molecular complexity index is 1600. The topological polar surface area (TPSA) is 124 Å². The SMILES string of the molecule is CCCCCCC(NC[C@H](O)c1ccc(O)c2[nH]c(=O)ccc12)OCCCCCC[N+]12CCC(CC1)[C@@H](OC[C@@](O)(c1ccccc1)C1CCCC1)C2. The van der Waals surface area contributed by atoms with Gasteiger partial charge in [-0.25, -0.2) is 0 Å². The molecule has 2 aromatic carbocycles. The third kappa shape index (κ3) is 10.3. The normalized spacial score (nSPS) is 24.1. The van der Waals surface area contributed by atoms with Crippen molar-refractivity contribution in [2.75, 3.05) is 45.9 Å². The van der Waals surface area contributed by atoms with Gasteiger partial charge in [0.15, 0.2) is 0 Å². The van der Waals surface area contributed by atoms with Gasteiger partial charge in [-0.1, -0.05) is 81.8 Å². The number of unbranched alkanes of at least 4 members (excludes halogenated alkanes) is 6. The van der Waals surface area contributed by atoms with Gasteiger partial charge in [-0.15, -0.1) is 0 Å². The number of piperidine rings is 3. The lowest BCUT2D eigenvalue weighted by Crippen LogP contribution is -2.64. The second-order valence-electron chi connectivity index (χ2n) is 16.5. The van der Waals surface area contributed by atoms with Crippen LogP contribution in [0.1, 0.15) is 120 Å². The van der Waals surface area contributed by atoms with Crippen molar-refractivity contribution in [2.24, 2.45) is 11.8 Å². The number of aliphatic hydroxyl groups excluding tert-OH is 1. The van der Waals surface area contributed by atoms with Crippen molar-refractivity contribution in [3.8, 4) is 5.75 Å². The number of H-pyrrole nitrogens is 1. The Kier molecular flexibility index (Phi) is 14.4. The number of aromatic nitrogens is 1. The maximum Gasteiger partial charge on any atom is 0.248 e. The van der Waals surface area contributed by atoms with Crippen molar-refractivity contribution >= 4 is 10.9 Å². The number of pyridine rings is 1. The van der Waals surface area contributed by atoms with Crippen LogP contribution in [-0.2, 0) is 15.1 Å². The number of aromatic hydroxyl groups is 1. The molecule has 1 saturated carbocycles. The van der Waals surface area contributed by atoms with E-state index >= 15 is 0 Å². The van der Waals surface area contributed by atoms with E-state index in [0.29, 0.717) is 42.1 Å². The van der Waals surface area contributed by atoms with Crippen LogP contribution in [0.4, 0.5) is 0 Å². The van der Waals surface area contributed by atoms with E-state index in [1.165, 1.54) is 87.6 Å². The summed E-state index contributed by atoms with van der Waals surface area (Å²) in [4.78, 5) is 14.5. The van der Waals surface area contributed by atoms with Crippen molar-refractivity contribution < 1.29 is 29.3 Å². The summed E-state index contributed by atoms with van der Waals surface area (Å²) in [6.07, 6.45) is 16.4. The molecule has 2 bridgehead atoms. The number of phenols is 1. The minimum atomic E-state index is -0.898. The molecule has 3 aliphatic heterocycles. The zero-order valence-electron chi connectivity index (χ0n) is 32.2. The summed E-state index contributed by atoms with van der Waals surface area (Å²) in [6, 6.07) is 16.6. The van der Waals surface area contributed by atoms with E-state index in [4.69, 9.17) is 9.47 Å². The van der Waals surface area contributed by atoms with Gasteiger partial charge < -0.3 is 34.3 Å². The number of phenolic OH excluding ortho intramolecular Hbond substituents is 1. The third-order valence-electron chi connectivity index (χ3n) is 12.8. The van der Waals surface area contributed by atoms with E-state index in [1.54, 1.807) is 12.1 Å². The third-order valence-corrected chi connectivity index (χ3v) is 12.8. The Labute approximate surface area is 316 Å². The number of hydrogen-bond donors (Lipinski definition) is 5. The number of aromatic amines is 1. The number of fused-ring (bicyclic) bond motifs is 4. The number of rotatable bonds is 22. The molecular weight excluding hydrogens is 666 g/mol. The molecule has 4 fully saturated rings. The number of nitrogens with one attached hydrogen (secondary N) is 2. The molecule has 53 heavy (non-hydrogen) atoms. The molecule has 4 atom stereocenters. The molecule has 3 saturated heterocycles. The van der Waals surface area contributed by atoms with Gasteiger partial charge in [0.1, 0.15) is 30.2 Å². The molecule has 292 valence electrons. The molecule has 9 nitrogen and oxygen atoms in total. The number of hydrogen-bond acceptors (Lipinski definition) is 7. The van der Waals surface area contributed by atoms with Crippen LogP contribution < -0.4 is 10.9 Å².